The Kier molecular flexibility index (Phi) is 5.84. The average molecular weight is 333 g/mol. The largest absolute Gasteiger partial charge is 0.491 e. The van der Waals surface area contributed by atoms with Crippen molar-refractivity contribution in [2.75, 3.05) is 19.8 Å². The summed E-state index contributed by atoms with van der Waals surface area (Å²) in [6, 6.07) is 16.3. The molecule has 0 fully saturated rings. The zero-order valence-electron chi connectivity index (χ0n) is 11.2. The van der Waals surface area contributed by atoms with Gasteiger partial charge in [0, 0.05) is 4.47 Å². The molecule has 0 amide bonds. The molecule has 0 aliphatic rings. The van der Waals surface area contributed by atoms with E-state index >= 15 is 0 Å². The van der Waals surface area contributed by atoms with Crippen molar-refractivity contribution in [1.82, 2.24) is 0 Å². The van der Waals surface area contributed by atoms with Gasteiger partial charge < -0.3 is 9.47 Å². The Morgan fingerprint density at radius 3 is 2.10 bits per heavy atom. The van der Waals surface area contributed by atoms with Gasteiger partial charge in [0.2, 0.25) is 0 Å². The standard InChI is InChI=1S/C17H17BrO2/c1-2-11-19-12-13-20-17-9-5-15(6-10-17)14-3-7-16(18)8-4-14/h2-10H,1,11-13H2. The van der Waals surface area contributed by atoms with Gasteiger partial charge in [-0.3, -0.25) is 0 Å². The van der Waals surface area contributed by atoms with E-state index in [1.165, 1.54) is 11.1 Å². The normalized spacial score (nSPS) is 10.2. The lowest BCUT2D eigenvalue weighted by atomic mass is 10.1. The Hall–Kier alpha value is -1.58. The van der Waals surface area contributed by atoms with Gasteiger partial charge in [-0.1, -0.05) is 46.3 Å². The first-order valence-electron chi connectivity index (χ1n) is 6.47. The van der Waals surface area contributed by atoms with Gasteiger partial charge in [-0.25, -0.2) is 0 Å². The summed E-state index contributed by atoms with van der Waals surface area (Å²) >= 11 is 3.44. The summed E-state index contributed by atoms with van der Waals surface area (Å²) in [5, 5.41) is 0. The van der Waals surface area contributed by atoms with E-state index < -0.39 is 0 Å². The molecule has 2 rings (SSSR count). The predicted octanol–water partition coefficient (Wildman–Crippen LogP) is 4.70. The van der Waals surface area contributed by atoms with Gasteiger partial charge in [-0.15, -0.1) is 6.58 Å². The molecular weight excluding hydrogens is 316 g/mol. The summed E-state index contributed by atoms with van der Waals surface area (Å²) < 4.78 is 11.9. The third-order valence-corrected chi connectivity index (χ3v) is 3.29. The van der Waals surface area contributed by atoms with Crippen LogP contribution in [-0.4, -0.2) is 19.8 Å². The summed E-state index contributed by atoms with van der Waals surface area (Å²) in [7, 11) is 0. The van der Waals surface area contributed by atoms with E-state index in [1.807, 2.05) is 24.3 Å². The minimum atomic E-state index is 0.547. The van der Waals surface area contributed by atoms with Crippen LogP contribution < -0.4 is 4.74 Å². The van der Waals surface area contributed by atoms with E-state index in [0.29, 0.717) is 19.8 Å². The molecule has 0 aliphatic carbocycles. The minimum absolute atomic E-state index is 0.547. The number of hydrogen-bond acceptors (Lipinski definition) is 2. The SMILES string of the molecule is C=CCOCCOc1ccc(-c2ccc(Br)cc2)cc1. The van der Waals surface area contributed by atoms with Crippen LogP contribution in [0.5, 0.6) is 5.75 Å². The van der Waals surface area contributed by atoms with Gasteiger partial charge in [0.1, 0.15) is 12.4 Å². The summed E-state index contributed by atoms with van der Waals surface area (Å²) in [5.41, 5.74) is 2.36. The molecule has 3 heteroatoms. The molecule has 0 aliphatic heterocycles. The third-order valence-electron chi connectivity index (χ3n) is 2.76. The molecule has 0 saturated carbocycles. The topological polar surface area (TPSA) is 18.5 Å². The Morgan fingerprint density at radius 2 is 1.50 bits per heavy atom. The number of halogens is 1. The van der Waals surface area contributed by atoms with Crippen molar-refractivity contribution in [2.24, 2.45) is 0 Å². The molecule has 20 heavy (non-hydrogen) atoms. The van der Waals surface area contributed by atoms with Crippen LogP contribution in [0.4, 0.5) is 0 Å². The summed E-state index contributed by atoms with van der Waals surface area (Å²) in [4.78, 5) is 0. The molecule has 0 aromatic heterocycles. The van der Waals surface area contributed by atoms with E-state index in [1.54, 1.807) is 6.08 Å². The molecule has 2 aromatic rings. The maximum Gasteiger partial charge on any atom is 0.119 e. The number of hydrogen-bond donors (Lipinski definition) is 0. The van der Waals surface area contributed by atoms with Gasteiger partial charge in [-0.2, -0.15) is 0 Å². The van der Waals surface area contributed by atoms with E-state index in [4.69, 9.17) is 9.47 Å². The van der Waals surface area contributed by atoms with Crippen molar-refractivity contribution >= 4 is 15.9 Å². The second-order valence-electron chi connectivity index (χ2n) is 4.24. The first-order chi connectivity index (χ1) is 9.79. The zero-order valence-corrected chi connectivity index (χ0v) is 12.8. The highest BCUT2D eigenvalue weighted by Gasteiger charge is 1.99. The van der Waals surface area contributed by atoms with Crippen LogP contribution in [0.2, 0.25) is 0 Å². The van der Waals surface area contributed by atoms with Crippen molar-refractivity contribution < 1.29 is 9.47 Å². The van der Waals surface area contributed by atoms with Gasteiger partial charge in [0.15, 0.2) is 0 Å². The molecule has 2 aromatic carbocycles. The first-order valence-corrected chi connectivity index (χ1v) is 7.26. The highest BCUT2D eigenvalue weighted by molar-refractivity contribution is 9.10. The molecule has 0 radical (unpaired) electrons. The molecule has 0 unspecified atom stereocenters. The quantitative estimate of drug-likeness (QED) is 0.540. The highest BCUT2D eigenvalue weighted by atomic mass is 79.9. The summed E-state index contributed by atoms with van der Waals surface area (Å²) in [5.74, 6) is 0.855. The lowest BCUT2D eigenvalue weighted by Crippen LogP contribution is -2.06. The molecule has 0 atom stereocenters. The fourth-order valence-corrected chi connectivity index (χ4v) is 2.04. The van der Waals surface area contributed by atoms with Crippen LogP contribution in [0.3, 0.4) is 0 Å². The molecule has 104 valence electrons. The third kappa shape index (κ3) is 4.51. The molecule has 0 N–H and O–H groups in total. The molecule has 0 spiro atoms. The van der Waals surface area contributed by atoms with E-state index in [2.05, 4.69) is 46.8 Å². The monoisotopic (exact) mass is 332 g/mol. The van der Waals surface area contributed by atoms with Crippen LogP contribution >= 0.6 is 15.9 Å². The number of rotatable bonds is 7. The van der Waals surface area contributed by atoms with Crippen molar-refractivity contribution in [2.45, 2.75) is 0 Å². The lowest BCUT2D eigenvalue weighted by Gasteiger charge is -2.07. The van der Waals surface area contributed by atoms with E-state index in [0.717, 1.165) is 10.2 Å². The van der Waals surface area contributed by atoms with Crippen LogP contribution in [0.1, 0.15) is 0 Å². The smallest absolute Gasteiger partial charge is 0.119 e. The van der Waals surface area contributed by atoms with E-state index in [9.17, 15) is 0 Å². The van der Waals surface area contributed by atoms with Crippen LogP contribution in [0, 0.1) is 0 Å². The average Bonchev–Trinajstić information content (AvgIpc) is 2.49. The van der Waals surface area contributed by atoms with Crippen LogP contribution in [0.15, 0.2) is 65.7 Å². The van der Waals surface area contributed by atoms with Crippen molar-refractivity contribution in [3.8, 4) is 16.9 Å². The maximum atomic E-state index is 5.60. The van der Waals surface area contributed by atoms with Crippen LogP contribution in [0.25, 0.3) is 11.1 Å². The van der Waals surface area contributed by atoms with Crippen molar-refractivity contribution in [3.05, 3.63) is 65.7 Å². The Bertz CT molecular complexity index is 532. The van der Waals surface area contributed by atoms with Crippen molar-refractivity contribution in [1.29, 1.82) is 0 Å². The second kappa shape index (κ2) is 7.88. The molecule has 0 saturated heterocycles. The van der Waals surface area contributed by atoms with Gasteiger partial charge >= 0.3 is 0 Å². The lowest BCUT2D eigenvalue weighted by molar-refractivity contribution is 0.121. The predicted molar refractivity (Wildman–Crippen MR) is 86.1 cm³/mol. The van der Waals surface area contributed by atoms with Gasteiger partial charge in [-0.05, 0) is 35.4 Å². The minimum Gasteiger partial charge on any atom is -0.491 e. The molecule has 2 nitrogen and oxygen atoms in total. The summed E-state index contributed by atoms with van der Waals surface area (Å²) in [6.45, 7) is 5.27. The summed E-state index contributed by atoms with van der Waals surface area (Å²) in [6.07, 6.45) is 1.73. The van der Waals surface area contributed by atoms with Crippen LogP contribution in [-0.2, 0) is 4.74 Å². The van der Waals surface area contributed by atoms with Crippen molar-refractivity contribution in [3.63, 3.8) is 0 Å². The fourth-order valence-electron chi connectivity index (χ4n) is 1.77. The molecular formula is C17H17BrO2. The maximum absolute atomic E-state index is 5.60. The van der Waals surface area contributed by atoms with Gasteiger partial charge in [0.05, 0.1) is 13.2 Å². The first kappa shape index (κ1) is 14.8. The van der Waals surface area contributed by atoms with Gasteiger partial charge in [0.25, 0.3) is 0 Å². The fraction of sp³-hybridized carbons (Fsp3) is 0.176. The molecule has 0 bridgehead atoms. The second-order valence-corrected chi connectivity index (χ2v) is 5.16. The zero-order chi connectivity index (χ0) is 14.2. The Morgan fingerprint density at radius 1 is 0.900 bits per heavy atom. The molecule has 0 heterocycles. The highest BCUT2D eigenvalue weighted by Crippen LogP contribution is 2.23. The Labute approximate surface area is 128 Å². The number of benzene rings is 2. The number of ether oxygens (including phenoxy) is 2. The Balaban J connectivity index is 1.89. The van der Waals surface area contributed by atoms with E-state index in [-0.39, 0.29) is 0 Å².